The van der Waals surface area contributed by atoms with Crippen LogP contribution in [0.15, 0.2) is 103 Å². The molecule has 5 heteroatoms. The summed E-state index contributed by atoms with van der Waals surface area (Å²) in [5, 5.41) is 4.09. The van der Waals surface area contributed by atoms with Crippen molar-refractivity contribution in [2.45, 2.75) is 32.4 Å². The number of para-hydroxylation sites is 1. The molecule has 0 bridgehead atoms. The number of hydrogen-bond donors (Lipinski definition) is 1. The van der Waals surface area contributed by atoms with Crippen molar-refractivity contribution in [3.63, 3.8) is 0 Å². The van der Waals surface area contributed by atoms with Crippen LogP contribution in [0.25, 0.3) is 10.9 Å². The van der Waals surface area contributed by atoms with Gasteiger partial charge in [-0.25, -0.2) is 4.39 Å². The molecule has 0 saturated carbocycles. The number of carbonyl (C=O) groups is 1. The summed E-state index contributed by atoms with van der Waals surface area (Å²) < 4.78 is 16.0. The van der Waals surface area contributed by atoms with E-state index in [4.69, 9.17) is 0 Å². The van der Waals surface area contributed by atoms with E-state index < -0.39 is 0 Å². The number of aromatic nitrogens is 2. The minimum absolute atomic E-state index is 0.0784. The molecule has 3 aromatic carbocycles. The van der Waals surface area contributed by atoms with Crippen LogP contribution >= 0.6 is 0 Å². The second-order valence-corrected chi connectivity index (χ2v) is 9.12. The predicted octanol–water partition coefficient (Wildman–Crippen LogP) is 6.37. The van der Waals surface area contributed by atoms with Gasteiger partial charge < -0.3 is 9.88 Å². The molecule has 36 heavy (non-hydrogen) atoms. The summed E-state index contributed by atoms with van der Waals surface area (Å²) in [6.45, 7) is 3.17. The molecule has 5 rings (SSSR count). The van der Waals surface area contributed by atoms with Gasteiger partial charge in [0.05, 0.1) is 12.2 Å². The van der Waals surface area contributed by atoms with Crippen LogP contribution in [0.5, 0.6) is 0 Å². The van der Waals surface area contributed by atoms with Gasteiger partial charge in [0.15, 0.2) is 0 Å². The van der Waals surface area contributed by atoms with E-state index in [1.165, 1.54) is 23.3 Å². The van der Waals surface area contributed by atoms with Crippen molar-refractivity contribution in [3.8, 4) is 0 Å². The molecule has 0 aliphatic heterocycles. The number of nitrogens with zero attached hydrogens (tertiary/aromatic N) is 2. The number of halogens is 1. The van der Waals surface area contributed by atoms with Crippen LogP contribution in [0.1, 0.15) is 40.3 Å². The Bertz CT molecular complexity index is 1460. The molecule has 0 saturated heterocycles. The van der Waals surface area contributed by atoms with E-state index in [0.29, 0.717) is 6.54 Å². The van der Waals surface area contributed by atoms with Gasteiger partial charge in [-0.15, -0.1) is 0 Å². The first-order valence-electron chi connectivity index (χ1n) is 12.1. The summed E-state index contributed by atoms with van der Waals surface area (Å²) in [7, 11) is 0. The van der Waals surface area contributed by atoms with Gasteiger partial charge in [-0.3, -0.25) is 9.78 Å². The fourth-order valence-electron chi connectivity index (χ4n) is 4.63. The number of rotatable bonds is 8. The number of hydrogen-bond acceptors (Lipinski definition) is 2. The Morgan fingerprint density at radius 2 is 1.69 bits per heavy atom. The normalized spacial score (nSPS) is 11.9. The van der Waals surface area contributed by atoms with Crippen molar-refractivity contribution < 1.29 is 9.18 Å². The van der Waals surface area contributed by atoms with Crippen LogP contribution < -0.4 is 5.32 Å². The van der Waals surface area contributed by atoms with Crippen molar-refractivity contribution in [3.05, 3.63) is 137 Å². The van der Waals surface area contributed by atoms with E-state index in [-0.39, 0.29) is 24.1 Å². The molecule has 4 nitrogen and oxygen atoms in total. The maximum atomic E-state index is 13.8. The summed E-state index contributed by atoms with van der Waals surface area (Å²) in [4.78, 5) is 17.4. The highest BCUT2D eigenvalue weighted by molar-refractivity contribution is 5.86. The van der Waals surface area contributed by atoms with Crippen LogP contribution in [0.3, 0.4) is 0 Å². The molecular weight excluding hydrogens is 449 g/mol. The second kappa shape index (κ2) is 10.6. The lowest BCUT2D eigenvalue weighted by atomic mass is 9.88. The molecule has 1 N–H and O–H groups in total. The average molecular weight is 478 g/mol. The topological polar surface area (TPSA) is 46.9 Å². The number of benzene rings is 3. The lowest BCUT2D eigenvalue weighted by Crippen LogP contribution is -2.25. The summed E-state index contributed by atoms with van der Waals surface area (Å²) in [5.74, 6) is -0.595. The maximum absolute atomic E-state index is 13.8. The van der Waals surface area contributed by atoms with Crippen LogP contribution in [-0.2, 0) is 17.9 Å². The number of nitrogens with one attached hydrogen (secondary N) is 1. The molecule has 0 radical (unpaired) electrons. The van der Waals surface area contributed by atoms with Gasteiger partial charge in [-0.05, 0) is 53.9 Å². The highest BCUT2D eigenvalue weighted by Gasteiger charge is 2.23. The minimum atomic E-state index is -0.293. The van der Waals surface area contributed by atoms with Gasteiger partial charge in [0.2, 0.25) is 5.91 Å². The maximum Gasteiger partial charge on any atom is 0.221 e. The lowest BCUT2D eigenvalue weighted by molar-refractivity contribution is -0.121. The first-order valence-corrected chi connectivity index (χ1v) is 12.1. The first kappa shape index (κ1) is 23.5. The minimum Gasteiger partial charge on any atom is -0.350 e. The Morgan fingerprint density at radius 1 is 0.944 bits per heavy atom. The molecule has 0 fully saturated rings. The molecule has 1 amide bonds. The van der Waals surface area contributed by atoms with Gasteiger partial charge in [0.25, 0.3) is 0 Å². The van der Waals surface area contributed by atoms with E-state index >= 15 is 0 Å². The van der Waals surface area contributed by atoms with Crippen molar-refractivity contribution in [1.82, 2.24) is 14.9 Å². The molecule has 0 spiro atoms. The highest BCUT2D eigenvalue weighted by Crippen LogP contribution is 2.35. The van der Waals surface area contributed by atoms with Gasteiger partial charge in [-0.2, -0.15) is 0 Å². The van der Waals surface area contributed by atoms with Crippen molar-refractivity contribution in [2.75, 3.05) is 0 Å². The third kappa shape index (κ3) is 5.36. The Balaban J connectivity index is 1.49. The number of pyridine rings is 1. The quantitative estimate of drug-likeness (QED) is 0.282. The fourth-order valence-corrected chi connectivity index (χ4v) is 4.63. The summed E-state index contributed by atoms with van der Waals surface area (Å²) in [6.07, 6.45) is 4.10. The molecule has 0 aliphatic carbocycles. The predicted molar refractivity (Wildman–Crippen MR) is 141 cm³/mol. The Labute approximate surface area is 210 Å². The molecule has 2 heterocycles. The number of fused-ring (bicyclic) bond motifs is 1. The third-order valence-corrected chi connectivity index (χ3v) is 6.52. The van der Waals surface area contributed by atoms with Crippen LogP contribution in [-0.4, -0.2) is 15.5 Å². The SMILES string of the molecule is Cc1ccc(Cn2cc(C(CC(=O)NCc3ccccn3)c3ccc(F)cc3)c3ccccc32)cc1. The van der Waals surface area contributed by atoms with Crippen molar-refractivity contribution in [2.24, 2.45) is 0 Å². The van der Waals surface area contributed by atoms with Crippen molar-refractivity contribution in [1.29, 1.82) is 0 Å². The van der Waals surface area contributed by atoms with E-state index in [0.717, 1.165) is 34.3 Å². The molecule has 0 aliphatic rings. The van der Waals surface area contributed by atoms with Crippen LogP contribution in [0, 0.1) is 12.7 Å². The molecule has 180 valence electrons. The van der Waals surface area contributed by atoms with Crippen molar-refractivity contribution >= 4 is 16.8 Å². The third-order valence-electron chi connectivity index (χ3n) is 6.52. The Hall–Kier alpha value is -4.25. The van der Waals surface area contributed by atoms with E-state index in [1.54, 1.807) is 18.3 Å². The lowest BCUT2D eigenvalue weighted by Gasteiger charge is -2.17. The first-order chi connectivity index (χ1) is 17.6. The van der Waals surface area contributed by atoms with E-state index in [9.17, 15) is 9.18 Å². The van der Waals surface area contributed by atoms with Gasteiger partial charge in [0.1, 0.15) is 5.82 Å². The molecule has 2 aromatic heterocycles. The summed E-state index contributed by atoms with van der Waals surface area (Å²) >= 11 is 0. The number of aryl methyl sites for hydroxylation is 1. The summed E-state index contributed by atoms with van der Waals surface area (Å²) in [5.41, 5.74) is 6.30. The van der Waals surface area contributed by atoms with E-state index in [2.05, 4.69) is 64.4 Å². The largest absolute Gasteiger partial charge is 0.350 e. The van der Waals surface area contributed by atoms with Crippen LogP contribution in [0.2, 0.25) is 0 Å². The molecule has 1 atom stereocenters. The Morgan fingerprint density at radius 3 is 2.44 bits per heavy atom. The highest BCUT2D eigenvalue weighted by atomic mass is 19.1. The smallest absolute Gasteiger partial charge is 0.221 e. The monoisotopic (exact) mass is 477 g/mol. The summed E-state index contributed by atoms with van der Waals surface area (Å²) in [6, 6.07) is 28.9. The van der Waals surface area contributed by atoms with Gasteiger partial charge in [0, 0.05) is 42.2 Å². The zero-order valence-electron chi connectivity index (χ0n) is 20.2. The number of amides is 1. The number of carbonyl (C=O) groups excluding carboxylic acids is 1. The zero-order valence-corrected chi connectivity index (χ0v) is 20.2. The zero-order chi connectivity index (χ0) is 24.9. The average Bonchev–Trinajstić information content (AvgIpc) is 3.27. The second-order valence-electron chi connectivity index (χ2n) is 9.12. The van der Waals surface area contributed by atoms with Gasteiger partial charge >= 0.3 is 0 Å². The van der Waals surface area contributed by atoms with Crippen LogP contribution in [0.4, 0.5) is 4.39 Å². The molecule has 5 aromatic rings. The standard InChI is InChI=1S/C31H28FN3O/c1-22-9-11-23(12-10-22)20-35-21-29(27-7-2-3-8-30(27)35)28(24-13-15-25(32)16-14-24)18-31(36)34-19-26-6-4-5-17-33-26/h2-17,21,28H,18-20H2,1H3,(H,34,36). The molecular formula is C31H28FN3O. The Kier molecular flexibility index (Phi) is 6.89. The van der Waals surface area contributed by atoms with E-state index in [1.807, 2.05) is 30.3 Å². The fraction of sp³-hybridized carbons (Fsp3) is 0.161. The molecule has 1 unspecified atom stereocenters. The van der Waals surface area contributed by atoms with Gasteiger partial charge in [-0.1, -0.05) is 66.2 Å².